The van der Waals surface area contributed by atoms with Crippen LogP contribution in [0, 0.1) is 0 Å². The van der Waals surface area contributed by atoms with Crippen molar-refractivity contribution in [1.82, 2.24) is 9.21 Å². The van der Waals surface area contributed by atoms with E-state index in [4.69, 9.17) is 0 Å². The molecule has 6 rings (SSSR count). The van der Waals surface area contributed by atoms with E-state index in [1.165, 1.54) is 4.31 Å². The van der Waals surface area contributed by atoms with Crippen molar-refractivity contribution in [3.63, 3.8) is 0 Å². The van der Waals surface area contributed by atoms with E-state index >= 15 is 0 Å². The number of piperazine rings is 1. The number of aryl methyl sites for hydroxylation is 1. The van der Waals surface area contributed by atoms with E-state index in [0.29, 0.717) is 50.2 Å². The summed E-state index contributed by atoms with van der Waals surface area (Å²) in [6, 6.07) is 17.5. The summed E-state index contributed by atoms with van der Waals surface area (Å²) in [4.78, 5) is 29.1. The summed E-state index contributed by atoms with van der Waals surface area (Å²) in [6.07, 6.45) is 2.00. The van der Waals surface area contributed by atoms with Crippen LogP contribution in [-0.4, -0.2) is 62.2 Å². The average Bonchev–Trinajstić information content (AvgIpc) is 3.32. The Morgan fingerprint density at radius 1 is 0.829 bits per heavy atom. The minimum atomic E-state index is -3.67. The second-order valence-electron chi connectivity index (χ2n) is 9.49. The zero-order chi connectivity index (χ0) is 24.2. The lowest BCUT2D eigenvalue weighted by Crippen LogP contribution is -2.50. The van der Waals surface area contributed by atoms with Gasteiger partial charge in [0, 0.05) is 39.1 Å². The van der Waals surface area contributed by atoms with E-state index in [1.807, 2.05) is 42.5 Å². The number of carbonyl (C=O) groups excluding carboxylic acids is 2. The van der Waals surface area contributed by atoms with Crippen molar-refractivity contribution in [3.8, 4) is 0 Å². The maximum absolute atomic E-state index is 13.5. The molecule has 2 amide bonds. The van der Waals surface area contributed by atoms with Crippen LogP contribution in [0.15, 0.2) is 59.5 Å². The first kappa shape index (κ1) is 22.2. The van der Waals surface area contributed by atoms with Gasteiger partial charge in [0.15, 0.2) is 0 Å². The fraction of sp³-hybridized carbons (Fsp3) is 0.333. The van der Waals surface area contributed by atoms with E-state index in [1.54, 1.807) is 21.9 Å². The quantitative estimate of drug-likeness (QED) is 0.565. The van der Waals surface area contributed by atoms with Crippen LogP contribution in [0.1, 0.15) is 23.1 Å². The molecule has 3 aliphatic rings. The molecular weight excluding hydrogens is 462 g/mol. The average molecular weight is 490 g/mol. The monoisotopic (exact) mass is 489 g/mol. The Balaban J connectivity index is 1.16. The predicted octanol–water partition coefficient (Wildman–Crippen LogP) is 2.75. The first-order valence-corrected chi connectivity index (χ1v) is 13.6. The number of fused-ring (bicyclic) bond motifs is 1. The molecule has 0 radical (unpaired) electrons. The number of nitrogens with zero attached hydrogens (tertiary/aromatic N) is 3. The highest BCUT2D eigenvalue weighted by Gasteiger charge is 2.35. The number of rotatable bonds is 4. The van der Waals surface area contributed by atoms with Gasteiger partial charge in [0.2, 0.25) is 21.8 Å². The molecule has 3 aliphatic heterocycles. The molecule has 180 valence electrons. The largest absolute Gasteiger partial charge is 0.340 e. The van der Waals surface area contributed by atoms with E-state index in [2.05, 4.69) is 0 Å². The molecule has 8 heteroatoms. The van der Waals surface area contributed by atoms with E-state index in [-0.39, 0.29) is 24.9 Å². The van der Waals surface area contributed by atoms with Crippen molar-refractivity contribution in [1.29, 1.82) is 0 Å². The van der Waals surface area contributed by atoms with Gasteiger partial charge in [-0.25, -0.2) is 8.42 Å². The van der Waals surface area contributed by atoms with Crippen molar-refractivity contribution in [3.05, 3.63) is 71.3 Å². The molecule has 3 aromatic rings. The van der Waals surface area contributed by atoms with Gasteiger partial charge in [-0.15, -0.1) is 0 Å². The molecule has 0 saturated carbocycles. The highest BCUT2D eigenvalue weighted by Crippen LogP contribution is 2.39. The predicted molar refractivity (Wildman–Crippen MR) is 134 cm³/mol. The topological polar surface area (TPSA) is 78.0 Å². The van der Waals surface area contributed by atoms with Crippen LogP contribution >= 0.6 is 0 Å². The standard InChI is InChI=1S/C27H27N3O4S/c31-25-9-8-21-16-23(17-22-10-11-30(25)27(21)22)35(33,34)29-14-12-28(13-15-29)26(32)18-20-6-3-5-19-4-1-2-7-24(19)20/h1-7,16-17H,8-15,18H2. The van der Waals surface area contributed by atoms with Crippen LogP contribution in [-0.2, 0) is 38.9 Å². The molecule has 0 bridgehead atoms. The van der Waals surface area contributed by atoms with Gasteiger partial charge in [0.1, 0.15) is 0 Å². The van der Waals surface area contributed by atoms with Crippen molar-refractivity contribution in [2.75, 3.05) is 37.6 Å². The fourth-order valence-electron chi connectivity index (χ4n) is 5.62. The van der Waals surface area contributed by atoms with Gasteiger partial charge in [0.05, 0.1) is 17.0 Å². The minimum absolute atomic E-state index is 0.0186. The van der Waals surface area contributed by atoms with Gasteiger partial charge < -0.3 is 9.80 Å². The van der Waals surface area contributed by atoms with Crippen LogP contribution in [0.4, 0.5) is 5.69 Å². The number of sulfonamides is 1. The fourth-order valence-corrected chi connectivity index (χ4v) is 7.15. The lowest BCUT2D eigenvalue weighted by molar-refractivity contribution is -0.131. The van der Waals surface area contributed by atoms with Gasteiger partial charge in [-0.1, -0.05) is 42.5 Å². The minimum Gasteiger partial charge on any atom is -0.340 e. The van der Waals surface area contributed by atoms with Gasteiger partial charge in [-0.2, -0.15) is 4.31 Å². The molecule has 0 unspecified atom stereocenters. The number of anilines is 1. The molecular formula is C27H27N3O4S. The highest BCUT2D eigenvalue weighted by molar-refractivity contribution is 7.89. The maximum Gasteiger partial charge on any atom is 0.243 e. The summed E-state index contributed by atoms with van der Waals surface area (Å²) in [5, 5.41) is 2.18. The van der Waals surface area contributed by atoms with Crippen molar-refractivity contribution in [2.24, 2.45) is 0 Å². The number of amides is 2. The third-order valence-electron chi connectivity index (χ3n) is 7.48. The normalized spacial score (nSPS) is 18.2. The molecule has 0 N–H and O–H groups in total. The van der Waals surface area contributed by atoms with Gasteiger partial charge in [0.25, 0.3) is 0 Å². The zero-order valence-corrected chi connectivity index (χ0v) is 20.3. The SMILES string of the molecule is O=C(Cc1cccc2ccccc12)N1CCN(S(=O)(=O)c2cc3c4c(c2)CCN4C(=O)CC3)CC1. The van der Waals surface area contributed by atoms with E-state index in [9.17, 15) is 18.0 Å². The molecule has 0 aromatic heterocycles. The Labute approximate surface area is 205 Å². The second kappa shape index (κ2) is 8.46. The summed E-state index contributed by atoms with van der Waals surface area (Å²) >= 11 is 0. The Kier molecular flexibility index (Phi) is 5.38. The van der Waals surface area contributed by atoms with E-state index < -0.39 is 10.0 Å². The maximum atomic E-state index is 13.5. The Bertz CT molecular complexity index is 1450. The Morgan fingerprint density at radius 2 is 1.54 bits per heavy atom. The van der Waals surface area contributed by atoms with Crippen molar-refractivity contribution in [2.45, 2.75) is 30.6 Å². The van der Waals surface area contributed by atoms with Crippen molar-refractivity contribution >= 4 is 38.3 Å². The molecule has 0 spiro atoms. The molecule has 3 aromatic carbocycles. The summed E-state index contributed by atoms with van der Waals surface area (Å²) in [5.74, 6) is 0.140. The third-order valence-corrected chi connectivity index (χ3v) is 9.35. The summed E-state index contributed by atoms with van der Waals surface area (Å²) in [7, 11) is -3.67. The van der Waals surface area contributed by atoms with Crippen LogP contribution < -0.4 is 4.90 Å². The summed E-state index contributed by atoms with van der Waals surface area (Å²) in [5.41, 5.74) is 3.80. The summed E-state index contributed by atoms with van der Waals surface area (Å²) in [6.45, 7) is 1.94. The summed E-state index contributed by atoms with van der Waals surface area (Å²) < 4.78 is 28.4. The van der Waals surface area contributed by atoms with Crippen LogP contribution in [0.25, 0.3) is 10.8 Å². The molecule has 1 saturated heterocycles. The third kappa shape index (κ3) is 3.81. The smallest absolute Gasteiger partial charge is 0.243 e. The Hall–Kier alpha value is -3.23. The Morgan fingerprint density at radius 3 is 2.34 bits per heavy atom. The lowest BCUT2D eigenvalue weighted by Gasteiger charge is -2.34. The molecule has 35 heavy (non-hydrogen) atoms. The van der Waals surface area contributed by atoms with Gasteiger partial charge in [-0.05, 0) is 52.4 Å². The molecule has 0 atom stereocenters. The van der Waals surface area contributed by atoms with Gasteiger partial charge >= 0.3 is 0 Å². The second-order valence-corrected chi connectivity index (χ2v) is 11.4. The number of hydrogen-bond donors (Lipinski definition) is 0. The molecule has 3 heterocycles. The molecule has 1 fully saturated rings. The highest BCUT2D eigenvalue weighted by atomic mass is 32.2. The van der Waals surface area contributed by atoms with Crippen LogP contribution in [0.3, 0.4) is 0 Å². The molecule has 0 aliphatic carbocycles. The van der Waals surface area contributed by atoms with Crippen LogP contribution in [0.5, 0.6) is 0 Å². The van der Waals surface area contributed by atoms with Crippen molar-refractivity contribution < 1.29 is 18.0 Å². The van der Waals surface area contributed by atoms with Gasteiger partial charge in [-0.3, -0.25) is 9.59 Å². The number of carbonyl (C=O) groups is 2. The number of hydrogen-bond acceptors (Lipinski definition) is 4. The first-order valence-electron chi connectivity index (χ1n) is 12.1. The van der Waals surface area contributed by atoms with Crippen LogP contribution in [0.2, 0.25) is 0 Å². The molecule has 7 nitrogen and oxygen atoms in total. The lowest BCUT2D eigenvalue weighted by atomic mass is 10.00. The van der Waals surface area contributed by atoms with E-state index in [0.717, 1.165) is 33.2 Å². The zero-order valence-electron chi connectivity index (χ0n) is 19.4. The first-order chi connectivity index (χ1) is 16.9. The number of benzene rings is 3.